The molecule has 3 aromatic rings. The molecule has 146 valence electrons. The molecule has 1 aliphatic heterocycles. The van der Waals surface area contributed by atoms with Crippen molar-refractivity contribution in [3.05, 3.63) is 78.4 Å². The number of rotatable bonds is 6. The summed E-state index contributed by atoms with van der Waals surface area (Å²) in [6, 6.07) is 24.0. The Kier molecular flexibility index (Phi) is 5.81. The molecule has 1 amide bonds. The smallest absolute Gasteiger partial charge is 0.241 e. The number of anilines is 2. The van der Waals surface area contributed by atoms with Crippen LogP contribution in [0.5, 0.6) is 5.75 Å². The van der Waals surface area contributed by atoms with Crippen molar-refractivity contribution >= 4 is 35.3 Å². The molecule has 0 aliphatic carbocycles. The maximum absolute atomic E-state index is 12.3. The highest BCUT2D eigenvalue weighted by Crippen LogP contribution is 2.47. The zero-order valence-electron chi connectivity index (χ0n) is 16.0. The molecular weight excluding hydrogens is 382 g/mol. The van der Waals surface area contributed by atoms with Crippen LogP contribution in [0.4, 0.5) is 11.4 Å². The topological polar surface area (TPSA) is 53.9 Å². The van der Waals surface area contributed by atoms with Gasteiger partial charge in [-0.1, -0.05) is 36.0 Å². The number of benzene rings is 3. The summed E-state index contributed by atoms with van der Waals surface area (Å²) in [6.45, 7) is 0.582. The van der Waals surface area contributed by atoms with Crippen molar-refractivity contribution in [1.29, 1.82) is 0 Å². The Labute approximate surface area is 174 Å². The van der Waals surface area contributed by atoms with Crippen LogP contribution in [0.2, 0.25) is 0 Å². The second kappa shape index (κ2) is 8.84. The van der Waals surface area contributed by atoms with Crippen LogP contribution < -0.4 is 15.1 Å². The van der Waals surface area contributed by atoms with Crippen LogP contribution in [-0.2, 0) is 4.79 Å². The lowest BCUT2D eigenvalue weighted by molar-refractivity contribution is -0.120. The van der Waals surface area contributed by atoms with Crippen LogP contribution in [0.15, 0.2) is 87.7 Å². The van der Waals surface area contributed by atoms with E-state index >= 15 is 0 Å². The summed E-state index contributed by atoms with van der Waals surface area (Å²) in [4.78, 5) is 16.9. The van der Waals surface area contributed by atoms with Gasteiger partial charge in [-0.3, -0.25) is 4.79 Å². The van der Waals surface area contributed by atoms with E-state index in [9.17, 15) is 4.79 Å². The van der Waals surface area contributed by atoms with Crippen LogP contribution in [-0.4, -0.2) is 25.8 Å². The molecule has 0 bridgehead atoms. The van der Waals surface area contributed by atoms with Gasteiger partial charge in [-0.15, -0.1) is 0 Å². The number of fused-ring (bicyclic) bond motifs is 2. The van der Waals surface area contributed by atoms with Crippen LogP contribution in [0.1, 0.15) is 12.0 Å². The highest BCUT2D eigenvalue weighted by molar-refractivity contribution is 7.99. The number of hydrazone groups is 1. The molecule has 0 unspecified atom stereocenters. The van der Waals surface area contributed by atoms with Crippen molar-refractivity contribution in [3.8, 4) is 5.75 Å². The Morgan fingerprint density at radius 2 is 1.62 bits per heavy atom. The molecule has 0 saturated heterocycles. The van der Waals surface area contributed by atoms with E-state index in [1.54, 1.807) is 25.1 Å². The fourth-order valence-corrected chi connectivity index (χ4v) is 4.26. The number of carbonyl (C=O) groups excluding carboxylic acids is 1. The number of hydrogen-bond donors (Lipinski definition) is 1. The molecule has 1 aliphatic rings. The normalized spacial score (nSPS) is 12.4. The third-order valence-electron chi connectivity index (χ3n) is 4.61. The number of nitrogens with zero attached hydrogens (tertiary/aromatic N) is 2. The SMILES string of the molecule is COc1ccc(/C=N/NC(=O)CCN2c3ccccc3Sc3ccccc32)cc1. The van der Waals surface area contributed by atoms with E-state index in [0.29, 0.717) is 13.0 Å². The van der Waals surface area contributed by atoms with Gasteiger partial charge >= 0.3 is 0 Å². The number of amides is 1. The molecule has 0 atom stereocenters. The number of carbonyl (C=O) groups is 1. The van der Waals surface area contributed by atoms with E-state index in [1.165, 1.54) is 9.79 Å². The van der Waals surface area contributed by atoms with Crippen molar-refractivity contribution in [3.63, 3.8) is 0 Å². The van der Waals surface area contributed by atoms with Gasteiger partial charge in [-0.25, -0.2) is 5.43 Å². The average molecular weight is 404 g/mol. The number of para-hydroxylation sites is 2. The second-order valence-corrected chi connectivity index (χ2v) is 7.59. The lowest BCUT2D eigenvalue weighted by Gasteiger charge is -2.32. The minimum absolute atomic E-state index is 0.122. The quantitative estimate of drug-likeness (QED) is 0.473. The summed E-state index contributed by atoms with van der Waals surface area (Å²) >= 11 is 1.76. The van der Waals surface area contributed by atoms with Crippen LogP contribution >= 0.6 is 11.8 Å². The molecule has 0 spiro atoms. The molecule has 29 heavy (non-hydrogen) atoms. The first-order chi connectivity index (χ1) is 14.2. The number of nitrogens with one attached hydrogen (secondary N) is 1. The molecule has 0 aromatic heterocycles. The molecule has 6 heteroatoms. The molecule has 0 fully saturated rings. The Bertz CT molecular complexity index is 989. The first-order valence-electron chi connectivity index (χ1n) is 9.34. The van der Waals surface area contributed by atoms with E-state index in [-0.39, 0.29) is 5.91 Å². The zero-order valence-corrected chi connectivity index (χ0v) is 16.9. The number of methoxy groups -OCH3 is 1. The fraction of sp³-hybridized carbons (Fsp3) is 0.130. The van der Waals surface area contributed by atoms with Gasteiger partial charge in [0.2, 0.25) is 5.91 Å². The minimum Gasteiger partial charge on any atom is -0.497 e. The first-order valence-corrected chi connectivity index (χ1v) is 10.2. The van der Waals surface area contributed by atoms with Gasteiger partial charge in [0.15, 0.2) is 0 Å². The Morgan fingerprint density at radius 3 is 2.24 bits per heavy atom. The number of hydrogen-bond acceptors (Lipinski definition) is 5. The van der Waals surface area contributed by atoms with Gasteiger partial charge in [-0.2, -0.15) is 5.10 Å². The summed E-state index contributed by atoms with van der Waals surface area (Å²) in [7, 11) is 1.63. The number of ether oxygens (including phenoxy) is 1. The van der Waals surface area contributed by atoms with Crippen LogP contribution in [0, 0.1) is 0 Å². The Balaban J connectivity index is 1.39. The van der Waals surface area contributed by atoms with Crippen molar-refractivity contribution in [2.45, 2.75) is 16.2 Å². The Morgan fingerprint density at radius 1 is 1.00 bits per heavy atom. The van der Waals surface area contributed by atoms with Gasteiger partial charge in [0.05, 0.1) is 24.7 Å². The molecule has 5 nitrogen and oxygen atoms in total. The lowest BCUT2D eigenvalue weighted by atomic mass is 10.2. The Hall–Kier alpha value is -3.25. The van der Waals surface area contributed by atoms with E-state index in [4.69, 9.17) is 4.74 Å². The molecule has 3 aromatic carbocycles. The monoisotopic (exact) mass is 403 g/mol. The molecule has 1 N–H and O–H groups in total. The van der Waals surface area contributed by atoms with Crippen molar-refractivity contribution in [1.82, 2.24) is 5.43 Å². The summed E-state index contributed by atoms with van der Waals surface area (Å²) in [5.74, 6) is 0.661. The van der Waals surface area contributed by atoms with E-state index in [2.05, 4.69) is 39.7 Å². The highest BCUT2D eigenvalue weighted by atomic mass is 32.2. The molecule has 0 radical (unpaired) electrons. The first kappa shape index (κ1) is 19.1. The third kappa shape index (κ3) is 4.43. The van der Waals surface area contributed by atoms with Gasteiger partial charge in [0.1, 0.15) is 5.75 Å². The van der Waals surface area contributed by atoms with Gasteiger partial charge in [-0.05, 0) is 54.1 Å². The van der Waals surface area contributed by atoms with E-state index in [1.807, 2.05) is 48.5 Å². The van der Waals surface area contributed by atoms with Crippen molar-refractivity contribution < 1.29 is 9.53 Å². The molecule has 1 heterocycles. The van der Waals surface area contributed by atoms with Crippen molar-refractivity contribution in [2.75, 3.05) is 18.6 Å². The minimum atomic E-state index is -0.122. The van der Waals surface area contributed by atoms with Crippen LogP contribution in [0.3, 0.4) is 0 Å². The van der Waals surface area contributed by atoms with E-state index in [0.717, 1.165) is 22.7 Å². The predicted molar refractivity (Wildman–Crippen MR) is 117 cm³/mol. The van der Waals surface area contributed by atoms with Gasteiger partial charge in [0, 0.05) is 22.8 Å². The largest absolute Gasteiger partial charge is 0.497 e. The zero-order chi connectivity index (χ0) is 20.1. The molecule has 4 rings (SSSR count). The maximum atomic E-state index is 12.3. The molecular formula is C23H21N3O2S. The van der Waals surface area contributed by atoms with Gasteiger partial charge < -0.3 is 9.64 Å². The van der Waals surface area contributed by atoms with Crippen LogP contribution in [0.25, 0.3) is 0 Å². The second-order valence-electron chi connectivity index (χ2n) is 6.51. The lowest BCUT2D eigenvalue weighted by Crippen LogP contribution is -2.27. The standard InChI is InChI=1S/C23H21N3O2S/c1-28-18-12-10-17(11-13-18)16-24-25-23(27)14-15-26-19-6-2-4-8-21(19)29-22-9-5-3-7-20(22)26/h2-13,16H,14-15H2,1H3,(H,25,27)/b24-16+. The van der Waals surface area contributed by atoms with E-state index < -0.39 is 0 Å². The van der Waals surface area contributed by atoms with Gasteiger partial charge in [0.25, 0.3) is 0 Å². The highest BCUT2D eigenvalue weighted by Gasteiger charge is 2.22. The maximum Gasteiger partial charge on any atom is 0.241 e. The summed E-state index contributed by atoms with van der Waals surface area (Å²) in [5.41, 5.74) is 5.77. The molecule has 0 saturated carbocycles. The summed E-state index contributed by atoms with van der Waals surface area (Å²) < 4.78 is 5.13. The summed E-state index contributed by atoms with van der Waals surface area (Å²) in [5, 5.41) is 4.06. The van der Waals surface area contributed by atoms with Crippen molar-refractivity contribution in [2.24, 2.45) is 5.10 Å². The average Bonchev–Trinajstić information content (AvgIpc) is 2.77. The predicted octanol–water partition coefficient (Wildman–Crippen LogP) is 4.84. The third-order valence-corrected chi connectivity index (χ3v) is 5.74. The fourth-order valence-electron chi connectivity index (χ4n) is 3.16. The summed E-state index contributed by atoms with van der Waals surface area (Å²) in [6.07, 6.45) is 1.97.